The Morgan fingerprint density at radius 1 is 1.18 bits per heavy atom. The molecule has 0 saturated heterocycles. The average Bonchev–Trinajstić information content (AvgIpc) is 3.39. The van der Waals surface area contributed by atoms with E-state index in [1.807, 2.05) is 43.0 Å². The number of hydrogen-bond donors (Lipinski definition) is 1. The van der Waals surface area contributed by atoms with Crippen molar-refractivity contribution in [1.82, 2.24) is 15.0 Å². The van der Waals surface area contributed by atoms with Gasteiger partial charge in [-0.25, -0.2) is 4.79 Å². The van der Waals surface area contributed by atoms with Gasteiger partial charge in [0.25, 0.3) is 5.91 Å². The maximum Gasteiger partial charge on any atom is 0.337 e. The molecular weight excluding hydrogens is 434 g/mol. The van der Waals surface area contributed by atoms with Crippen LogP contribution in [0.2, 0.25) is 0 Å². The molecule has 0 fully saturated rings. The van der Waals surface area contributed by atoms with E-state index < -0.39 is 0 Å². The second-order valence-electron chi connectivity index (χ2n) is 8.40. The Labute approximate surface area is 196 Å². The van der Waals surface area contributed by atoms with Gasteiger partial charge in [-0.1, -0.05) is 17.3 Å². The van der Waals surface area contributed by atoms with Crippen LogP contribution in [0.25, 0.3) is 10.9 Å². The monoisotopic (exact) mass is 459 g/mol. The highest BCUT2D eigenvalue weighted by atomic mass is 16.5. The number of rotatable bonds is 5. The number of hydrogen-bond acceptors (Lipinski definition) is 6. The molecule has 0 aliphatic carbocycles. The number of aromatic amines is 1. The van der Waals surface area contributed by atoms with E-state index in [1.54, 1.807) is 18.2 Å². The Hall–Kier alpha value is -4.07. The molecule has 0 radical (unpaired) electrons. The molecule has 8 heteroatoms. The number of fused-ring (bicyclic) bond motifs is 3. The van der Waals surface area contributed by atoms with Crippen molar-refractivity contribution in [1.29, 1.82) is 0 Å². The number of ether oxygens (including phenoxy) is 2. The maximum atomic E-state index is 13.5. The fourth-order valence-electron chi connectivity index (χ4n) is 4.43. The number of nitrogens with one attached hydrogen (secondary N) is 1. The molecule has 2 aromatic carbocycles. The first kappa shape index (κ1) is 21.8. The van der Waals surface area contributed by atoms with Gasteiger partial charge in [-0.15, -0.1) is 0 Å². The summed E-state index contributed by atoms with van der Waals surface area (Å²) in [6, 6.07) is 12.7. The number of nitrogens with zero attached hydrogens (tertiary/aromatic N) is 2. The van der Waals surface area contributed by atoms with Gasteiger partial charge in [0.15, 0.2) is 0 Å². The van der Waals surface area contributed by atoms with E-state index in [0.717, 1.165) is 33.4 Å². The molecule has 0 unspecified atom stereocenters. The minimum atomic E-state index is -0.384. The number of para-hydroxylation sites is 1. The van der Waals surface area contributed by atoms with Crippen molar-refractivity contribution in [3.8, 4) is 5.75 Å². The summed E-state index contributed by atoms with van der Waals surface area (Å²) in [5.41, 5.74) is 5.69. The molecule has 4 aromatic rings. The number of benzene rings is 2. The molecule has 8 nitrogen and oxygen atoms in total. The molecule has 5 rings (SSSR count). The van der Waals surface area contributed by atoms with E-state index in [-0.39, 0.29) is 18.5 Å². The summed E-state index contributed by atoms with van der Waals surface area (Å²) in [6.45, 7) is 5.00. The molecule has 1 N–H and O–H groups in total. The lowest BCUT2D eigenvalue weighted by atomic mass is 10.0. The van der Waals surface area contributed by atoms with E-state index in [0.29, 0.717) is 42.1 Å². The number of carbonyl (C=O) groups excluding carboxylic acids is 2. The molecule has 1 aliphatic heterocycles. The van der Waals surface area contributed by atoms with E-state index in [2.05, 4.69) is 10.1 Å². The number of H-pyrrole nitrogens is 1. The quantitative estimate of drug-likeness (QED) is 0.446. The highest BCUT2D eigenvalue weighted by Gasteiger charge is 2.27. The van der Waals surface area contributed by atoms with Gasteiger partial charge in [0.2, 0.25) is 0 Å². The zero-order chi connectivity index (χ0) is 23.8. The Morgan fingerprint density at radius 2 is 2.00 bits per heavy atom. The van der Waals surface area contributed by atoms with Gasteiger partial charge in [0, 0.05) is 41.7 Å². The first-order valence-electron chi connectivity index (χ1n) is 11.1. The third-order valence-electron chi connectivity index (χ3n) is 6.35. The molecule has 0 saturated carbocycles. The van der Waals surface area contributed by atoms with Gasteiger partial charge in [-0.2, -0.15) is 0 Å². The summed E-state index contributed by atoms with van der Waals surface area (Å²) in [5.74, 6) is 0.740. The highest BCUT2D eigenvalue weighted by Crippen LogP contribution is 2.31. The van der Waals surface area contributed by atoms with Crippen LogP contribution < -0.4 is 4.74 Å². The molecule has 1 amide bonds. The Bertz CT molecular complexity index is 1380. The molecule has 1 aliphatic rings. The third-order valence-corrected chi connectivity index (χ3v) is 6.35. The van der Waals surface area contributed by atoms with E-state index in [9.17, 15) is 9.59 Å². The largest absolute Gasteiger partial charge is 0.488 e. The third kappa shape index (κ3) is 3.81. The lowest BCUT2D eigenvalue weighted by Crippen LogP contribution is -2.36. The maximum absolute atomic E-state index is 13.5. The van der Waals surface area contributed by atoms with Gasteiger partial charge < -0.3 is 23.9 Å². The molecular formula is C26H25N3O5. The number of aromatic nitrogens is 2. The average molecular weight is 460 g/mol. The first-order chi connectivity index (χ1) is 16.5. The van der Waals surface area contributed by atoms with Crippen molar-refractivity contribution < 1.29 is 23.6 Å². The van der Waals surface area contributed by atoms with Crippen LogP contribution in [0.15, 0.2) is 47.0 Å². The second-order valence-corrected chi connectivity index (χ2v) is 8.40. The van der Waals surface area contributed by atoms with Crippen LogP contribution >= 0.6 is 0 Å². The van der Waals surface area contributed by atoms with Crippen LogP contribution in [0.5, 0.6) is 5.75 Å². The normalized spacial score (nSPS) is 13.1. The van der Waals surface area contributed by atoms with E-state index >= 15 is 0 Å². The van der Waals surface area contributed by atoms with Crippen molar-refractivity contribution in [2.45, 2.75) is 33.4 Å². The number of amides is 1. The highest BCUT2D eigenvalue weighted by molar-refractivity contribution is 5.98. The zero-order valence-corrected chi connectivity index (χ0v) is 19.3. The Balaban J connectivity index is 1.40. The molecule has 0 bridgehead atoms. The minimum Gasteiger partial charge on any atom is -0.488 e. The molecule has 174 valence electrons. The Kier molecular flexibility index (Phi) is 5.57. The first-order valence-corrected chi connectivity index (χ1v) is 11.1. The lowest BCUT2D eigenvalue weighted by molar-refractivity contribution is 0.0600. The number of carbonyl (C=O) groups is 2. The van der Waals surface area contributed by atoms with Crippen molar-refractivity contribution in [3.63, 3.8) is 0 Å². The predicted molar refractivity (Wildman–Crippen MR) is 125 cm³/mol. The van der Waals surface area contributed by atoms with Crippen LogP contribution in [-0.4, -0.2) is 40.6 Å². The van der Waals surface area contributed by atoms with Crippen LogP contribution in [0.3, 0.4) is 0 Å². The van der Waals surface area contributed by atoms with E-state index in [1.165, 1.54) is 7.11 Å². The van der Waals surface area contributed by atoms with Gasteiger partial charge >= 0.3 is 5.97 Å². The summed E-state index contributed by atoms with van der Waals surface area (Å²) in [4.78, 5) is 30.8. The Morgan fingerprint density at radius 3 is 2.76 bits per heavy atom. The van der Waals surface area contributed by atoms with Crippen LogP contribution in [-0.2, 0) is 24.3 Å². The van der Waals surface area contributed by atoms with Crippen LogP contribution in [0, 0.1) is 13.8 Å². The number of methoxy groups -OCH3 is 1. The smallest absolute Gasteiger partial charge is 0.337 e. The summed E-state index contributed by atoms with van der Waals surface area (Å²) in [6.07, 6.45) is 0.700. The molecule has 2 aromatic heterocycles. The molecule has 3 heterocycles. The molecule has 34 heavy (non-hydrogen) atoms. The second kappa shape index (κ2) is 8.70. The zero-order valence-electron chi connectivity index (χ0n) is 19.3. The van der Waals surface area contributed by atoms with Crippen molar-refractivity contribution in [2.24, 2.45) is 0 Å². The summed E-state index contributed by atoms with van der Waals surface area (Å²) in [5, 5.41) is 4.89. The summed E-state index contributed by atoms with van der Waals surface area (Å²) >= 11 is 0. The summed E-state index contributed by atoms with van der Waals surface area (Å²) in [7, 11) is 1.37. The lowest BCUT2D eigenvalue weighted by Gasteiger charge is -2.28. The predicted octanol–water partition coefficient (Wildman–Crippen LogP) is 4.34. The number of esters is 1. The fourth-order valence-corrected chi connectivity index (χ4v) is 4.43. The van der Waals surface area contributed by atoms with Crippen molar-refractivity contribution in [2.75, 3.05) is 13.7 Å². The standard InChI is InChI=1S/C26H25N3O5/c1-15-21(16(2)34-28-15)14-33-24-7-5-4-6-18(24)25(30)29-11-10-23-20(13-29)19-12-17(26(31)32-3)8-9-22(19)27-23/h4-9,12,27H,10-11,13-14H2,1-3H3. The fraction of sp³-hybridized carbons (Fsp3) is 0.269. The van der Waals surface area contributed by atoms with Gasteiger partial charge in [0.05, 0.1) is 29.5 Å². The number of aryl methyl sites for hydroxylation is 2. The topological polar surface area (TPSA) is 97.7 Å². The van der Waals surface area contributed by atoms with Gasteiger partial charge in [-0.05, 0) is 44.2 Å². The van der Waals surface area contributed by atoms with E-state index in [4.69, 9.17) is 14.0 Å². The molecule has 0 spiro atoms. The summed E-state index contributed by atoms with van der Waals surface area (Å²) < 4.78 is 16.1. The minimum absolute atomic E-state index is 0.0986. The van der Waals surface area contributed by atoms with Crippen molar-refractivity contribution in [3.05, 3.63) is 81.9 Å². The van der Waals surface area contributed by atoms with Gasteiger partial charge in [0.1, 0.15) is 18.1 Å². The molecule has 0 atom stereocenters. The van der Waals surface area contributed by atoms with Crippen LogP contribution in [0.4, 0.5) is 0 Å². The van der Waals surface area contributed by atoms with Gasteiger partial charge in [-0.3, -0.25) is 4.79 Å². The SMILES string of the molecule is COC(=O)c1ccc2[nH]c3c(c2c1)CN(C(=O)c1ccccc1OCc1c(C)noc1C)CC3. The van der Waals surface area contributed by atoms with Crippen LogP contribution in [0.1, 0.15) is 49.0 Å². The van der Waals surface area contributed by atoms with Crippen molar-refractivity contribution >= 4 is 22.8 Å².